The van der Waals surface area contributed by atoms with Crippen molar-refractivity contribution in [3.63, 3.8) is 0 Å². The number of amides is 1. The molecule has 1 amide bonds. The van der Waals surface area contributed by atoms with E-state index in [-0.39, 0.29) is 5.91 Å². The van der Waals surface area contributed by atoms with Gasteiger partial charge < -0.3 is 19.9 Å². The van der Waals surface area contributed by atoms with E-state index in [1.165, 1.54) is 12.4 Å². The monoisotopic (exact) mass is 453 g/mol. The first-order valence-corrected chi connectivity index (χ1v) is 11.5. The highest BCUT2D eigenvalue weighted by molar-refractivity contribution is 6.00. The fourth-order valence-corrected chi connectivity index (χ4v) is 4.65. The van der Waals surface area contributed by atoms with E-state index >= 15 is 0 Å². The molecule has 7 nitrogen and oxygen atoms in total. The fraction of sp³-hybridized carbons (Fsp3) is 0.222. The van der Waals surface area contributed by atoms with Crippen LogP contribution in [0.5, 0.6) is 11.5 Å². The number of nitrogens with two attached hydrogens (primary N) is 1. The van der Waals surface area contributed by atoms with Gasteiger partial charge in [-0.3, -0.25) is 4.79 Å². The maximum atomic E-state index is 12.1. The van der Waals surface area contributed by atoms with Crippen molar-refractivity contribution < 1.29 is 9.53 Å². The molecule has 1 atom stereocenters. The second kappa shape index (κ2) is 9.39. The van der Waals surface area contributed by atoms with Gasteiger partial charge in [0, 0.05) is 31.4 Å². The molecular formula is C27H27N5O2. The van der Waals surface area contributed by atoms with Crippen molar-refractivity contribution in [1.29, 1.82) is 0 Å². The molecule has 5 rings (SSSR count). The normalized spacial score (nSPS) is 15.9. The maximum Gasteiger partial charge on any atom is 0.245 e. The molecule has 0 saturated carbocycles. The van der Waals surface area contributed by atoms with Crippen LogP contribution in [0.25, 0.3) is 22.2 Å². The van der Waals surface area contributed by atoms with Crippen molar-refractivity contribution in [2.75, 3.05) is 18.8 Å². The van der Waals surface area contributed by atoms with Gasteiger partial charge in [-0.05, 0) is 54.7 Å². The van der Waals surface area contributed by atoms with Crippen LogP contribution in [0, 0.1) is 5.92 Å². The summed E-state index contributed by atoms with van der Waals surface area (Å²) in [5, 5.41) is 0.842. The van der Waals surface area contributed by atoms with Gasteiger partial charge in [0.25, 0.3) is 0 Å². The maximum absolute atomic E-state index is 12.1. The predicted molar refractivity (Wildman–Crippen MR) is 133 cm³/mol. The van der Waals surface area contributed by atoms with Gasteiger partial charge in [-0.25, -0.2) is 9.97 Å². The molecule has 172 valence electrons. The smallest absolute Gasteiger partial charge is 0.245 e. The third-order valence-corrected chi connectivity index (χ3v) is 6.29. The number of hydrogen-bond donors (Lipinski definition) is 1. The standard InChI is InChI=1S/C27H27N5O2/c1-2-24(33)31-14-6-7-19(15-31)16-32-17-23(25-26(28)29-18-30-27(25)32)20-10-12-22(13-11-20)34-21-8-4-3-5-9-21/h2-5,8-13,17-19H,1,6-7,14-16H2,(H2,28,29,30)/t19-/m0/s1. The number of nitrogens with zero attached hydrogens (tertiary/aromatic N) is 4. The van der Waals surface area contributed by atoms with Gasteiger partial charge in [0.1, 0.15) is 29.3 Å². The van der Waals surface area contributed by atoms with Crippen molar-refractivity contribution in [3.8, 4) is 22.6 Å². The second-order valence-corrected chi connectivity index (χ2v) is 8.59. The highest BCUT2D eigenvalue weighted by Crippen LogP contribution is 2.35. The lowest BCUT2D eigenvalue weighted by atomic mass is 9.98. The highest BCUT2D eigenvalue weighted by atomic mass is 16.5. The minimum Gasteiger partial charge on any atom is -0.457 e. The number of aromatic nitrogens is 3. The summed E-state index contributed by atoms with van der Waals surface area (Å²) in [5.74, 6) is 2.33. The number of rotatable bonds is 6. The van der Waals surface area contributed by atoms with Crippen LogP contribution < -0.4 is 10.5 Å². The molecule has 1 saturated heterocycles. The van der Waals surface area contributed by atoms with E-state index in [1.54, 1.807) is 0 Å². The van der Waals surface area contributed by atoms with Gasteiger partial charge in [0.05, 0.1) is 5.39 Å². The summed E-state index contributed by atoms with van der Waals surface area (Å²) < 4.78 is 8.07. The first kappa shape index (κ1) is 21.7. The van der Waals surface area contributed by atoms with E-state index in [4.69, 9.17) is 10.5 Å². The molecule has 1 aliphatic rings. The Morgan fingerprint density at radius 2 is 1.88 bits per heavy atom. The van der Waals surface area contributed by atoms with Crippen molar-refractivity contribution in [3.05, 3.63) is 79.8 Å². The number of carbonyl (C=O) groups is 1. The lowest BCUT2D eigenvalue weighted by Gasteiger charge is -2.32. The molecule has 4 aromatic rings. The van der Waals surface area contributed by atoms with Crippen LogP contribution in [0.3, 0.4) is 0 Å². The number of benzene rings is 2. The Hall–Kier alpha value is -4.13. The number of ether oxygens (including phenoxy) is 1. The van der Waals surface area contributed by atoms with Crippen LogP contribution in [0.2, 0.25) is 0 Å². The van der Waals surface area contributed by atoms with E-state index in [1.807, 2.05) is 59.5 Å². The zero-order chi connectivity index (χ0) is 23.5. The molecule has 7 heteroatoms. The Morgan fingerprint density at radius 1 is 1.12 bits per heavy atom. The summed E-state index contributed by atoms with van der Waals surface area (Å²) >= 11 is 0. The minimum absolute atomic E-state index is 0.00728. The first-order chi connectivity index (χ1) is 16.6. The van der Waals surface area contributed by atoms with E-state index in [0.29, 0.717) is 18.3 Å². The van der Waals surface area contributed by atoms with Crippen LogP contribution in [0.1, 0.15) is 12.8 Å². The molecule has 2 aromatic carbocycles. The molecule has 0 bridgehead atoms. The van der Waals surface area contributed by atoms with Crippen LogP contribution in [-0.2, 0) is 11.3 Å². The third kappa shape index (κ3) is 4.37. The van der Waals surface area contributed by atoms with Crippen molar-refractivity contribution in [2.45, 2.75) is 19.4 Å². The quantitative estimate of drug-likeness (QED) is 0.420. The Balaban J connectivity index is 1.43. The molecule has 2 aromatic heterocycles. The second-order valence-electron chi connectivity index (χ2n) is 8.59. The molecule has 3 heterocycles. The van der Waals surface area contributed by atoms with Gasteiger partial charge >= 0.3 is 0 Å². The van der Waals surface area contributed by atoms with E-state index < -0.39 is 0 Å². The molecule has 1 fully saturated rings. The summed E-state index contributed by atoms with van der Waals surface area (Å²) in [7, 11) is 0. The van der Waals surface area contributed by atoms with E-state index in [9.17, 15) is 4.79 Å². The minimum atomic E-state index is -0.00728. The summed E-state index contributed by atoms with van der Waals surface area (Å²) in [6.07, 6.45) is 7.03. The summed E-state index contributed by atoms with van der Waals surface area (Å²) in [5.41, 5.74) is 9.10. The van der Waals surface area contributed by atoms with E-state index in [2.05, 4.69) is 27.3 Å². The SMILES string of the molecule is C=CC(=O)N1CCC[C@H](Cn2cc(-c3ccc(Oc4ccccc4)cc3)c3c(N)ncnc32)C1. The number of nitrogen functional groups attached to an aromatic ring is 1. The highest BCUT2D eigenvalue weighted by Gasteiger charge is 2.24. The molecular weight excluding hydrogens is 426 g/mol. The number of fused-ring (bicyclic) bond motifs is 1. The largest absolute Gasteiger partial charge is 0.457 e. The zero-order valence-corrected chi connectivity index (χ0v) is 18.9. The molecule has 0 spiro atoms. The van der Waals surface area contributed by atoms with Gasteiger partial charge in [-0.15, -0.1) is 0 Å². The fourth-order valence-electron chi connectivity index (χ4n) is 4.65. The lowest BCUT2D eigenvalue weighted by molar-refractivity contribution is -0.127. The van der Waals surface area contributed by atoms with Crippen LogP contribution in [0.15, 0.2) is 79.8 Å². The molecule has 0 aliphatic carbocycles. The molecule has 34 heavy (non-hydrogen) atoms. The third-order valence-electron chi connectivity index (χ3n) is 6.29. The van der Waals surface area contributed by atoms with Crippen LogP contribution in [-0.4, -0.2) is 38.4 Å². The Kier molecular flexibility index (Phi) is 5.99. The number of piperidine rings is 1. The van der Waals surface area contributed by atoms with Gasteiger partial charge in [0.2, 0.25) is 5.91 Å². The molecule has 1 aliphatic heterocycles. The van der Waals surface area contributed by atoms with Crippen molar-refractivity contribution >= 4 is 22.8 Å². The molecule has 0 radical (unpaired) electrons. The number of hydrogen-bond acceptors (Lipinski definition) is 5. The number of carbonyl (C=O) groups excluding carboxylic acids is 1. The topological polar surface area (TPSA) is 86.3 Å². The lowest BCUT2D eigenvalue weighted by Crippen LogP contribution is -2.40. The van der Waals surface area contributed by atoms with Crippen LogP contribution in [0.4, 0.5) is 5.82 Å². The van der Waals surface area contributed by atoms with Crippen molar-refractivity contribution in [2.24, 2.45) is 5.92 Å². The predicted octanol–water partition coefficient (Wildman–Crippen LogP) is 4.90. The Morgan fingerprint density at radius 3 is 2.65 bits per heavy atom. The van der Waals surface area contributed by atoms with Crippen LogP contribution >= 0.6 is 0 Å². The average molecular weight is 454 g/mol. The molecule has 2 N–H and O–H groups in total. The van der Waals surface area contributed by atoms with Crippen molar-refractivity contribution in [1.82, 2.24) is 19.4 Å². The first-order valence-electron chi connectivity index (χ1n) is 11.5. The summed E-state index contributed by atoms with van der Waals surface area (Å²) in [6.45, 7) is 5.88. The van der Waals surface area contributed by atoms with Gasteiger partial charge in [-0.2, -0.15) is 0 Å². The van der Waals surface area contributed by atoms with Gasteiger partial charge in [0.15, 0.2) is 0 Å². The molecule has 0 unspecified atom stereocenters. The Labute approximate surface area is 198 Å². The number of para-hydroxylation sites is 1. The summed E-state index contributed by atoms with van der Waals surface area (Å²) in [4.78, 5) is 22.8. The number of likely N-dealkylation sites (tertiary alicyclic amines) is 1. The number of anilines is 1. The van der Waals surface area contributed by atoms with E-state index in [0.717, 1.165) is 59.6 Å². The average Bonchev–Trinajstić information content (AvgIpc) is 3.24. The Bertz CT molecular complexity index is 1310. The van der Waals surface area contributed by atoms with Gasteiger partial charge in [-0.1, -0.05) is 36.9 Å². The summed E-state index contributed by atoms with van der Waals surface area (Å²) in [6, 6.07) is 17.6. The zero-order valence-electron chi connectivity index (χ0n) is 18.9.